The van der Waals surface area contributed by atoms with Gasteiger partial charge in [-0.2, -0.15) is 0 Å². The van der Waals surface area contributed by atoms with Crippen LogP contribution in [-0.4, -0.2) is 37.5 Å². The summed E-state index contributed by atoms with van der Waals surface area (Å²) >= 11 is 0. The second kappa shape index (κ2) is 6.59. The van der Waals surface area contributed by atoms with Crippen LogP contribution in [0, 0.1) is 6.92 Å². The minimum absolute atomic E-state index is 0.0480. The Labute approximate surface area is 107 Å². The first-order valence-corrected chi connectivity index (χ1v) is 5.59. The number of hydrogen-bond donors (Lipinski definition) is 0. The zero-order chi connectivity index (χ0) is 13.5. The van der Waals surface area contributed by atoms with Crippen molar-refractivity contribution in [1.82, 2.24) is 4.90 Å². The molecular formula is C14H17NO3. The quantitative estimate of drug-likeness (QED) is 0.600. The lowest BCUT2D eigenvalue weighted by Gasteiger charge is -2.12. The number of ether oxygens (including phenoxy) is 1. The Kier molecular flexibility index (Phi) is 5.11. The van der Waals surface area contributed by atoms with Gasteiger partial charge < -0.3 is 9.64 Å². The van der Waals surface area contributed by atoms with E-state index in [0.29, 0.717) is 0 Å². The molecule has 0 atom stereocenters. The van der Waals surface area contributed by atoms with E-state index in [1.54, 1.807) is 13.1 Å². The van der Waals surface area contributed by atoms with Crippen molar-refractivity contribution in [3.63, 3.8) is 0 Å². The molecule has 0 aromatic heterocycles. The highest BCUT2D eigenvalue weighted by atomic mass is 16.5. The highest BCUT2D eigenvalue weighted by Crippen LogP contribution is 2.05. The Balaban J connectivity index is 2.58. The van der Waals surface area contributed by atoms with Gasteiger partial charge in [-0.3, -0.25) is 9.59 Å². The molecule has 0 bridgehead atoms. The van der Waals surface area contributed by atoms with Crippen molar-refractivity contribution in [2.24, 2.45) is 0 Å². The zero-order valence-electron chi connectivity index (χ0n) is 10.8. The Morgan fingerprint density at radius 1 is 1.28 bits per heavy atom. The molecule has 96 valence electrons. The van der Waals surface area contributed by atoms with E-state index in [9.17, 15) is 9.59 Å². The van der Waals surface area contributed by atoms with Gasteiger partial charge >= 0.3 is 5.97 Å². The van der Waals surface area contributed by atoms with Crippen LogP contribution in [0.25, 0.3) is 6.08 Å². The smallest absolute Gasteiger partial charge is 0.325 e. The van der Waals surface area contributed by atoms with E-state index in [-0.39, 0.29) is 12.5 Å². The third-order valence-electron chi connectivity index (χ3n) is 2.47. The van der Waals surface area contributed by atoms with Crippen LogP contribution in [0.15, 0.2) is 30.3 Å². The van der Waals surface area contributed by atoms with E-state index >= 15 is 0 Å². The molecule has 0 N–H and O–H groups in total. The van der Waals surface area contributed by atoms with Gasteiger partial charge in [0, 0.05) is 13.1 Å². The second-order valence-electron chi connectivity index (χ2n) is 4.01. The van der Waals surface area contributed by atoms with E-state index in [4.69, 9.17) is 0 Å². The predicted octanol–water partition coefficient (Wildman–Crippen LogP) is 1.64. The van der Waals surface area contributed by atoms with E-state index < -0.39 is 5.97 Å². The van der Waals surface area contributed by atoms with Crippen LogP contribution in [0.2, 0.25) is 0 Å². The van der Waals surface area contributed by atoms with Crippen LogP contribution in [0.3, 0.4) is 0 Å². The molecule has 0 heterocycles. The lowest BCUT2D eigenvalue weighted by Crippen LogP contribution is -2.31. The molecule has 0 radical (unpaired) electrons. The van der Waals surface area contributed by atoms with Crippen LogP contribution < -0.4 is 0 Å². The van der Waals surface area contributed by atoms with Crippen LogP contribution in [0.5, 0.6) is 0 Å². The molecule has 0 aliphatic rings. The second-order valence-corrected chi connectivity index (χ2v) is 4.01. The molecular weight excluding hydrogens is 230 g/mol. The molecule has 4 nitrogen and oxygen atoms in total. The molecule has 1 amide bonds. The minimum Gasteiger partial charge on any atom is -0.468 e. The largest absolute Gasteiger partial charge is 0.468 e. The fourth-order valence-electron chi connectivity index (χ4n) is 1.31. The number of carbonyl (C=O) groups excluding carboxylic acids is 2. The van der Waals surface area contributed by atoms with Crippen molar-refractivity contribution in [1.29, 1.82) is 0 Å². The molecule has 1 aromatic carbocycles. The number of nitrogens with zero attached hydrogens (tertiary/aromatic N) is 1. The van der Waals surface area contributed by atoms with Crippen molar-refractivity contribution < 1.29 is 14.3 Å². The van der Waals surface area contributed by atoms with Gasteiger partial charge in [-0.25, -0.2) is 0 Å². The summed E-state index contributed by atoms with van der Waals surface area (Å²) in [5, 5.41) is 0. The van der Waals surface area contributed by atoms with Crippen LogP contribution in [0.4, 0.5) is 0 Å². The molecule has 0 spiro atoms. The van der Waals surface area contributed by atoms with Crippen LogP contribution >= 0.6 is 0 Å². The summed E-state index contributed by atoms with van der Waals surface area (Å²) in [6.07, 6.45) is 3.16. The van der Waals surface area contributed by atoms with Crippen LogP contribution in [-0.2, 0) is 14.3 Å². The molecule has 0 fully saturated rings. The summed E-state index contributed by atoms with van der Waals surface area (Å²) in [4.78, 5) is 24.0. The number of likely N-dealkylation sites (N-methyl/N-ethyl adjacent to an activating group) is 1. The van der Waals surface area contributed by atoms with Gasteiger partial charge in [-0.15, -0.1) is 0 Å². The highest BCUT2D eigenvalue weighted by Gasteiger charge is 2.09. The van der Waals surface area contributed by atoms with E-state index in [1.165, 1.54) is 23.6 Å². The van der Waals surface area contributed by atoms with E-state index in [1.807, 2.05) is 31.2 Å². The van der Waals surface area contributed by atoms with Crippen molar-refractivity contribution in [3.8, 4) is 0 Å². The number of amides is 1. The lowest BCUT2D eigenvalue weighted by molar-refractivity contribution is -0.144. The van der Waals surface area contributed by atoms with Gasteiger partial charge in [-0.05, 0) is 18.6 Å². The van der Waals surface area contributed by atoms with Crippen molar-refractivity contribution >= 4 is 18.0 Å². The SMILES string of the molecule is COC(=O)CN(C)C(=O)C=Cc1ccc(C)cc1. The summed E-state index contributed by atoms with van der Waals surface area (Å²) in [6.45, 7) is 1.95. The average molecular weight is 247 g/mol. The van der Waals surface area contributed by atoms with Gasteiger partial charge in [0.05, 0.1) is 7.11 Å². The molecule has 0 unspecified atom stereocenters. The lowest BCUT2D eigenvalue weighted by atomic mass is 10.1. The summed E-state index contributed by atoms with van der Waals surface area (Å²) in [5.74, 6) is -0.671. The highest BCUT2D eigenvalue weighted by molar-refractivity contribution is 5.93. The maximum absolute atomic E-state index is 11.7. The molecule has 0 aliphatic carbocycles. The first-order chi connectivity index (χ1) is 8.52. The average Bonchev–Trinajstić information content (AvgIpc) is 2.37. The van der Waals surface area contributed by atoms with Gasteiger partial charge in [0.2, 0.25) is 5.91 Å². The summed E-state index contributed by atoms with van der Waals surface area (Å²) in [6, 6.07) is 7.81. The van der Waals surface area contributed by atoms with Crippen molar-refractivity contribution in [3.05, 3.63) is 41.5 Å². The Hall–Kier alpha value is -2.10. The van der Waals surface area contributed by atoms with E-state index in [0.717, 1.165) is 5.56 Å². The monoisotopic (exact) mass is 247 g/mol. The van der Waals surface area contributed by atoms with Crippen molar-refractivity contribution in [2.45, 2.75) is 6.92 Å². The number of hydrogen-bond acceptors (Lipinski definition) is 3. The Morgan fingerprint density at radius 2 is 1.89 bits per heavy atom. The molecule has 0 aliphatic heterocycles. The molecule has 1 aromatic rings. The molecule has 0 saturated carbocycles. The van der Waals surface area contributed by atoms with E-state index in [2.05, 4.69) is 4.74 Å². The number of carbonyl (C=O) groups is 2. The maximum atomic E-state index is 11.7. The maximum Gasteiger partial charge on any atom is 0.325 e. The van der Waals surface area contributed by atoms with Crippen molar-refractivity contribution in [2.75, 3.05) is 20.7 Å². The molecule has 0 saturated heterocycles. The molecule has 1 rings (SSSR count). The van der Waals surface area contributed by atoms with Crippen LogP contribution in [0.1, 0.15) is 11.1 Å². The fourth-order valence-corrected chi connectivity index (χ4v) is 1.31. The third-order valence-corrected chi connectivity index (χ3v) is 2.47. The third kappa shape index (κ3) is 4.41. The number of benzene rings is 1. The number of methoxy groups -OCH3 is 1. The van der Waals surface area contributed by atoms with Gasteiger partial charge in [-0.1, -0.05) is 29.8 Å². The Bertz CT molecular complexity index is 449. The first-order valence-electron chi connectivity index (χ1n) is 5.59. The molecule has 4 heteroatoms. The van der Waals surface area contributed by atoms with Gasteiger partial charge in [0.25, 0.3) is 0 Å². The number of rotatable bonds is 4. The number of aryl methyl sites for hydroxylation is 1. The summed E-state index contributed by atoms with van der Waals surface area (Å²) in [5.41, 5.74) is 2.11. The summed E-state index contributed by atoms with van der Waals surface area (Å²) < 4.78 is 4.49. The Morgan fingerprint density at radius 3 is 2.44 bits per heavy atom. The normalized spacial score (nSPS) is 10.4. The molecule has 18 heavy (non-hydrogen) atoms. The number of esters is 1. The fraction of sp³-hybridized carbons (Fsp3) is 0.286. The van der Waals surface area contributed by atoms with Gasteiger partial charge in [0.15, 0.2) is 0 Å². The minimum atomic E-state index is -0.436. The zero-order valence-corrected chi connectivity index (χ0v) is 10.8. The first kappa shape index (κ1) is 14.0. The standard InChI is InChI=1S/C14H17NO3/c1-11-4-6-12(7-5-11)8-9-13(16)15(2)10-14(17)18-3/h4-9H,10H2,1-3H3. The topological polar surface area (TPSA) is 46.6 Å². The van der Waals surface area contributed by atoms with Gasteiger partial charge in [0.1, 0.15) is 6.54 Å². The summed E-state index contributed by atoms with van der Waals surface area (Å²) in [7, 11) is 2.85. The predicted molar refractivity (Wildman–Crippen MR) is 69.9 cm³/mol.